The number of fused-ring (bicyclic) bond motifs is 1. The lowest BCUT2D eigenvalue weighted by Crippen LogP contribution is -2.26. The van der Waals surface area contributed by atoms with Gasteiger partial charge in [-0.3, -0.25) is 9.79 Å². The molecule has 3 aromatic rings. The molecule has 0 heterocycles. The van der Waals surface area contributed by atoms with Gasteiger partial charge in [0.05, 0.1) is 0 Å². The highest BCUT2D eigenvalue weighted by Gasteiger charge is 2.24. The van der Waals surface area contributed by atoms with Crippen molar-refractivity contribution in [3.05, 3.63) is 95.7 Å². The molecule has 3 aromatic carbocycles. The maximum atomic E-state index is 13.4. The second kappa shape index (κ2) is 11.7. The van der Waals surface area contributed by atoms with Crippen molar-refractivity contribution in [2.75, 3.05) is 6.54 Å². The third-order valence-electron chi connectivity index (χ3n) is 4.96. The number of nitrogens with zero attached hydrogens (tertiary/aromatic N) is 1. The summed E-state index contributed by atoms with van der Waals surface area (Å²) in [4.78, 5) is 16.9. The lowest BCUT2D eigenvalue weighted by atomic mass is 10.1. The zero-order chi connectivity index (χ0) is 24.6. The molecule has 0 bridgehead atoms. The average Bonchev–Trinajstić information content (AvgIpc) is 2.82. The van der Waals surface area contributed by atoms with Crippen molar-refractivity contribution in [2.24, 2.45) is 4.99 Å². The second-order valence-electron chi connectivity index (χ2n) is 7.57. The molecule has 1 atom stereocenters. The number of rotatable bonds is 9. The van der Waals surface area contributed by atoms with Crippen molar-refractivity contribution >= 4 is 32.1 Å². The molecule has 7 heteroatoms. The van der Waals surface area contributed by atoms with Crippen molar-refractivity contribution in [2.45, 2.75) is 25.9 Å². The maximum Gasteiger partial charge on any atom is 0.283 e. The van der Waals surface area contributed by atoms with E-state index < -0.39 is 5.66 Å². The van der Waals surface area contributed by atoms with E-state index in [2.05, 4.69) is 10.3 Å². The molecule has 3 rings (SSSR count). The summed E-state index contributed by atoms with van der Waals surface area (Å²) < 4.78 is 32.8. The number of aliphatic imine (C=N–C) groups is 1. The van der Waals surface area contributed by atoms with Crippen molar-refractivity contribution in [3.8, 4) is 11.5 Å². The molecule has 0 aliphatic carbocycles. The number of amides is 1. The van der Waals surface area contributed by atoms with Gasteiger partial charge in [-0.1, -0.05) is 40.4 Å². The minimum absolute atomic E-state index is 0.108. The van der Waals surface area contributed by atoms with Crippen molar-refractivity contribution < 1.29 is 18.3 Å². The van der Waals surface area contributed by atoms with Gasteiger partial charge in [0.15, 0.2) is 0 Å². The number of halogens is 2. The summed E-state index contributed by atoms with van der Waals surface area (Å²) in [7, 11) is 1.52. The number of hydrogen-bond donors (Lipinski definition) is 1. The maximum absolute atomic E-state index is 13.4. The lowest BCUT2D eigenvalue weighted by Gasteiger charge is -2.13. The molecule has 1 N–H and O–H groups in total. The molecule has 0 spiro atoms. The standard InChI is InChI=1S/C27H27F2N2O2P/c1-3-6-19(17-30-15-4-2)18-31-26(32)21-9-14-24-20(16-21)7-5-8-25(24)33-23-12-10-22(11-13-23)27(28,29)34/h4-17H,3,18,34H2,1-2H3,(H,31,32)/b15-4-,19-6-,30-17+. The molecule has 0 saturated heterocycles. The van der Waals surface area contributed by atoms with Gasteiger partial charge in [-0.2, -0.15) is 8.78 Å². The van der Waals surface area contributed by atoms with Crippen LogP contribution in [-0.2, 0) is 5.66 Å². The number of allylic oxidation sites excluding steroid dienone is 2. The Morgan fingerprint density at radius 1 is 1.15 bits per heavy atom. The topological polar surface area (TPSA) is 50.7 Å². The number of carbonyl (C=O) groups is 1. The van der Waals surface area contributed by atoms with E-state index in [0.717, 1.165) is 22.8 Å². The number of alkyl halides is 2. The van der Waals surface area contributed by atoms with Gasteiger partial charge in [-0.25, -0.2) is 0 Å². The summed E-state index contributed by atoms with van der Waals surface area (Å²) in [5.74, 6) is 0.828. The van der Waals surface area contributed by atoms with E-state index in [1.807, 2.05) is 44.2 Å². The predicted octanol–water partition coefficient (Wildman–Crippen LogP) is 7.23. The van der Waals surface area contributed by atoms with E-state index in [1.165, 1.54) is 33.5 Å². The van der Waals surface area contributed by atoms with E-state index in [0.29, 0.717) is 23.6 Å². The fourth-order valence-electron chi connectivity index (χ4n) is 3.30. The van der Waals surface area contributed by atoms with Crippen molar-refractivity contribution in [1.82, 2.24) is 5.32 Å². The van der Waals surface area contributed by atoms with Crippen LogP contribution >= 0.6 is 9.24 Å². The van der Waals surface area contributed by atoms with Gasteiger partial charge in [-0.05, 0) is 72.8 Å². The Labute approximate surface area is 200 Å². The molecule has 0 aromatic heterocycles. The van der Waals surface area contributed by atoms with Gasteiger partial charge in [-0.15, -0.1) is 0 Å². The quantitative estimate of drug-likeness (QED) is 0.260. The van der Waals surface area contributed by atoms with Gasteiger partial charge in [0.25, 0.3) is 11.6 Å². The predicted molar refractivity (Wildman–Crippen MR) is 138 cm³/mol. The van der Waals surface area contributed by atoms with Crippen molar-refractivity contribution in [3.63, 3.8) is 0 Å². The third kappa shape index (κ3) is 6.82. The Balaban J connectivity index is 1.75. The molecule has 176 valence electrons. The highest BCUT2D eigenvalue weighted by Crippen LogP contribution is 2.36. The van der Waals surface area contributed by atoms with Crippen LogP contribution in [0.5, 0.6) is 11.5 Å². The Bertz CT molecular complexity index is 1230. The minimum atomic E-state index is -2.98. The normalized spacial score (nSPS) is 12.6. The van der Waals surface area contributed by atoms with Crippen LogP contribution in [-0.4, -0.2) is 18.7 Å². The largest absolute Gasteiger partial charge is 0.457 e. The van der Waals surface area contributed by atoms with E-state index in [1.54, 1.807) is 30.6 Å². The summed E-state index contributed by atoms with van der Waals surface area (Å²) >= 11 is 0. The average molecular weight is 480 g/mol. The Hall–Kier alpha value is -3.37. The molecule has 0 saturated carbocycles. The van der Waals surface area contributed by atoms with Crippen LogP contribution < -0.4 is 10.1 Å². The summed E-state index contributed by atoms with van der Waals surface area (Å²) in [5, 5.41) is 4.57. The van der Waals surface area contributed by atoms with E-state index in [9.17, 15) is 13.6 Å². The van der Waals surface area contributed by atoms with Gasteiger partial charge >= 0.3 is 0 Å². The summed E-state index contributed by atoms with van der Waals surface area (Å²) in [6.07, 6.45) is 8.13. The molecule has 0 aliphatic heterocycles. The smallest absolute Gasteiger partial charge is 0.283 e. The van der Waals surface area contributed by atoms with Gasteiger partial charge in [0.1, 0.15) is 11.5 Å². The molecular formula is C27H27F2N2O2P. The Kier molecular flexibility index (Phi) is 8.67. The lowest BCUT2D eigenvalue weighted by molar-refractivity contribution is 0.0957. The third-order valence-corrected chi connectivity index (χ3v) is 5.30. The van der Waals surface area contributed by atoms with Crippen LogP contribution in [0.15, 0.2) is 89.6 Å². The van der Waals surface area contributed by atoms with Crippen molar-refractivity contribution in [1.29, 1.82) is 0 Å². The minimum Gasteiger partial charge on any atom is -0.457 e. The van der Waals surface area contributed by atoms with Crippen LogP contribution in [0, 0.1) is 0 Å². The van der Waals surface area contributed by atoms with Gasteiger partial charge < -0.3 is 10.1 Å². The molecule has 34 heavy (non-hydrogen) atoms. The zero-order valence-corrected chi connectivity index (χ0v) is 20.2. The SMILES string of the molecule is C\C=C/N=C/C(=C/CC)CNC(=O)c1ccc2c(Oc3ccc(C(F)(F)P)cc3)cccc2c1. The molecule has 0 fully saturated rings. The molecule has 4 nitrogen and oxygen atoms in total. The van der Waals surface area contributed by atoms with E-state index in [4.69, 9.17) is 4.74 Å². The Morgan fingerprint density at radius 2 is 1.91 bits per heavy atom. The van der Waals surface area contributed by atoms with Gasteiger partial charge in [0, 0.05) is 35.5 Å². The fraction of sp³-hybridized carbons (Fsp3) is 0.185. The number of carbonyl (C=O) groups excluding carboxylic acids is 1. The highest BCUT2D eigenvalue weighted by atomic mass is 31.0. The first-order valence-corrected chi connectivity index (χ1v) is 11.5. The molecule has 1 amide bonds. The Morgan fingerprint density at radius 3 is 2.59 bits per heavy atom. The first kappa shape index (κ1) is 25.3. The number of ether oxygens (including phenoxy) is 1. The molecule has 1 unspecified atom stereocenters. The first-order valence-electron chi connectivity index (χ1n) is 10.9. The number of hydrogen-bond acceptors (Lipinski definition) is 3. The monoisotopic (exact) mass is 480 g/mol. The van der Waals surface area contributed by atoms with E-state index >= 15 is 0 Å². The molecule has 0 aliphatic rings. The van der Waals surface area contributed by atoms with E-state index in [-0.39, 0.29) is 11.5 Å². The molecule has 0 radical (unpaired) electrons. The second-order valence-corrected chi connectivity index (χ2v) is 8.30. The van der Waals surface area contributed by atoms with Crippen LogP contribution in [0.2, 0.25) is 0 Å². The fourth-order valence-corrected chi connectivity index (χ4v) is 3.49. The van der Waals surface area contributed by atoms with Crippen LogP contribution in [0.3, 0.4) is 0 Å². The highest BCUT2D eigenvalue weighted by molar-refractivity contribution is 7.17. The van der Waals surface area contributed by atoms with Crippen LogP contribution in [0.4, 0.5) is 8.78 Å². The molecular weight excluding hydrogens is 453 g/mol. The first-order chi connectivity index (χ1) is 16.3. The van der Waals surface area contributed by atoms with Crippen LogP contribution in [0.1, 0.15) is 36.2 Å². The zero-order valence-electron chi connectivity index (χ0n) is 19.1. The summed E-state index contributed by atoms with van der Waals surface area (Å²) in [6, 6.07) is 16.6. The van der Waals surface area contributed by atoms with Gasteiger partial charge in [0.2, 0.25) is 0 Å². The summed E-state index contributed by atoms with van der Waals surface area (Å²) in [5.41, 5.74) is -1.64. The van der Waals surface area contributed by atoms with Crippen LogP contribution in [0.25, 0.3) is 10.8 Å². The number of benzene rings is 3. The number of nitrogens with one attached hydrogen (secondary N) is 1. The summed E-state index contributed by atoms with van der Waals surface area (Å²) in [6.45, 7) is 4.29.